The predicted molar refractivity (Wildman–Crippen MR) is 90.5 cm³/mol. The molecule has 0 fully saturated rings. The third-order valence-corrected chi connectivity index (χ3v) is 2.95. The van der Waals surface area contributed by atoms with Crippen LogP contribution in [-0.4, -0.2) is 24.4 Å². The van der Waals surface area contributed by atoms with E-state index >= 15 is 0 Å². The van der Waals surface area contributed by atoms with Crippen molar-refractivity contribution in [3.63, 3.8) is 0 Å². The zero-order valence-corrected chi connectivity index (χ0v) is 13.0. The standard InChI is InChI=1S/C17H17N3O4/c1-11(21)19-14-3-2-4-15(9-14)20-16(22)10-24-17(23)12-5-7-13(18)8-6-12/h2-9H,10,18H2,1H3,(H,19,21)(H,20,22). The van der Waals surface area contributed by atoms with Crippen molar-refractivity contribution in [2.45, 2.75) is 6.92 Å². The van der Waals surface area contributed by atoms with Crippen LogP contribution in [0.1, 0.15) is 17.3 Å². The van der Waals surface area contributed by atoms with E-state index in [1.54, 1.807) is 36.4 Å². The quantitative estimate of drug-likeness (QED) is 0.575. The monoisotopic (exact) mass is 327 g/mol. The number of esters is 1. The fourth-order valence-corrected chi connectivity index (χ4v) is 1.91. The van der Waals surface area contributed by atoms with Crippen LogP contribution in [0.25, 0.3) is 0 Å². The number of ether oxygens (including phenoxy) is 1. The number of hydrogen-bond acceptors (Lipinski definition) is 5. The van der Waals surface area contributed by atoms with Gasteiger partial charge in [0.05, 0.1) is 5.56 Å². The Labute approximate surface area is 138 Å². The van der Waals surface area contributed by atoms with Crippen LogP contribution in [-0.2, 0) is 14.3 Å². The maximum atomic E-state index is 11.8. The lowest BCUT2D eigenvalue weighted by Gasteiger charge is -2.08. The molecule has 24 heavy (non-hydrogen) atoms. The highest BCUT2D eigenvalue weighted by atomic mass is 16.5. The highest BCUT2D eigenvalue weighted by molar-refractivity contribution is 5.96. The SMILES string of the molecule is CC(=O)Nc1cccc(NC(=O)COC(=O)c2ccc(N)cc2)c1. The minimum Gasteiger partial charge on any atom is -0.452 e. The molecule has 7 nitrogen and oxygen atoms in total. The Hall–Kier alpha value is -3.35. The Bertz CT molecular complexity index is 757. The summed E-state index contributed by atoms with van der Waals surface area (Å²) in [6.45, 7) is 0.968. The van der Waals surface area contributed by atoms with Crippen LogP contribution in [0.2, 0.25) is 0 Å². The van der Waals surface area contributed by atoms with Crippen molar-refractivity contribution in [1.82, 2.24) is 0 Å². The van der Waals surface area contributed by atoms with Gasteiger partial charge in [0, 0.05) is 24.0 Å². The molecular formula is C17H17N3O4. The van der Waals surface area contributed by atoms with Crippen molar-refractivity contribution in [2.24, 2.45) is 0 Å². The highest BCUT2D eigenvalue weighted by Crippen LogP contribution is 2.15. The van der Waals surface area contributed by atoms with Gasteiger partial charge >= 0.3 is 5.97 Å². The first-order valence-corrected chi connectivity index (χ1v) is 7.14. The van der Waals surface area contributed by atoms with Crippen molar-refractivity contribution in [2.75, 3.05) is 23.0 Å². The number of nitrogens with one attached hydrogen (secondary N) is 2. The van der Waals surface area contributed by atoms with Crippen molar-refractivity contribution in [1.29, 1.82) is 0 Å². The molecule has 0 heterocycles. The van der Waals surface area contributed by atoms with E-state index in [1.165, 1.54) is 19.1 Å². The minimum atomic E-state index is -0.614. The lowest BCUT2D eigenvalue weighted by molar-refractivity contribution is -0.119. The summed E-state index contributed by atoms with van der Waals surface area (Å²) in [7, 11) is 0. The van der Waals surface area contributed by atoms with E-state index in [4.69, 9.17) is 10.5 Å². The van der Waals surface area contributed by atoms with Gasteiger partial charge in [0.1, 0.15) is 0 Å². The van der Waals surface area contributed by atoms with E-state index in [2.05, 4.69) is 10.6 Å². The molecule has 0 aromatic heterocycles. The largest absolute Gasteiger partial charge is 0.452 e. The van der Waals surface area contributed by atoms with Gasteiger partial charge in [-0.2, -0.15) is 0 Å². The number of hydrogen-bond donors (Lipinski definition) is 3. The molecular weight excluding hydrogens is 310 g/mol. The fraction of sp³-hybridized carbons (Fsp3) is 0.118. The summed E-state index contributed by atoms with van der Waals surface area (Å²) in [6.07, 6.45) is 0. The molecule has 0 radical (unpaired) electrons. The van der Waals surface area contributed by atoms with Gasteiger partial charge in [0.15, 0.2) is 6.61 Å². The van der Waals surface area contributed by atoms with Gasteiger partial charge in [-0.3, -0.25) is 9.59 Å². The van der Waals surface area contributed by atoms with E-state index < -0.39 is 18.5 Å². The first kappa shape index (κ1) is 17.0. The van der Waals surface area contributed by atoms with E-state index in [1.807, 2.05) is 0 Å². The van der Waals surface area contributed by atoms with Crippen LogP contribution in [0.4, 0.5) is 17.1 Å². The molecule has 0 aliphatic heterocycles. The second-order valence-corrected chi connectivity index (χ2v) is 5.01. The second-order valence-electron chi connectivity index (χ2n) is 5.01. The first-order valence-electron chi connectivity index (χ1n) is 7.14. The zero-order chi connectivity index (χ0) is 17.5. The molecule has 0 saturated heterocycles. The molecule has 124 valence electrons. The van der Waals surface area contributed by atoms with E-state index in [-0.39, 0.29) is 5.91 Å². The van der Waals surface area contributed by atoms with E-state index in [0.717, 1.165) is 0 Å². The van der Waals surface area contributed by atoms with E-state index in [0.29, 0.717) is 22.6 Å². The van der Waals surface area contributed by atoms with Gasteiger partial charge in [-0.1, -0.05) is 6.07 Å². The first-order chi connectivity index (χ1) is 11.4. The number of nitrogen functional groups attached to an aromatic ring is 1. The molecule has 0 saturated carbocycles. The summed E-state index contributed by atoms with van der Waals surface area (Å²) in [6, 6.07) is 12.8. The Kier molecular flexibility index (Phi) is 5.51. The fourth-order valence-electron chi connectivity index (χ4n) is 1.91. The molecule has 0 bridgehead atoms. The number of nitrogens with two attached hydrogens (primary N) is 1. The van der Waals surface area contributed by atoms with Gasteiger partial charge in [-0.25, -0.2) is 4.79 Å². The highest BCUT2D eigenvalue weighted by Gasteiger charge is 2.10. The maximum Gasteiger partial charge on any atom is 0.338 e. The Morgan fingerprint density at radius 1 is 1.00 bits per heavy atom. The lowest BCUT2D eigenvalue weighted by Crippen LogP contribution is -2.21. The van der Waals surface area contributed by atoms with Gasteiger partial charge in [-0.15, -0.1) is 0 Å². The average molecular weight is 327 g/mol. The molecule has 2 rings (SSSR count). The number of anilines is 3. The summed E-state index contributed by atoms with van der Waals surface area (Å²) in [5.41, 5.74) is 7.41. The summed E-state index contributed by atoms with van der Waals surface area (Å²) in [4.78, 5) is 34.7. The number of benzene rings is 2. The normalized spacial score (nSPS) is 9.88. The van der Waals surface area contributed by atoms with Crippen LogP contribution >= 0.6 is 0 Å². The molecule has 4 N–H and O–H groups in total. The Balaban J connectivity index is 1.88. The third kappa shape index (κ3) is 5.13. The molecule has 0 spiro atoms. The number of carbonyl (C=O) groups excluding carboxylic acids is 3. The third-order valence-electron chi connectivity index (χ3n) is 2.95. The van der Waals surface area contributed by atoms with Crippen LogP contribution in [0.5, 0.6) is 0 Å². The Morgan fingerprint density at radius 3 is 2.25 bits per heavy atom. The summed E-state index contributed by atoms with van der Waals surface area (Å²) >= 11 is 0. The predicted octanol–water partition coefficient (Wildman–Crippen LogP) is 2.02. The van der Waals surface area contributed by atoms with Crippen molar-refractivity contribution >= 4 is 34.8 Å². The minimum absolute atomic E-state index is 0.212. The van der Waals surface area contributed by atoms with Crippen LogP contribution in [0, 0.1) is 0 Å². The average Bonchev–Trinajstić information content (AvgIpc) is 2.53. The van der Waals surface area contributed by atoms with Crippen molar-refractivity contribution in [3.8, 4) is 0 Å². The molecule has 2 amide bonds. The molecule has 0 unspecified atom stereocenters. The van der Waals surface area contributed by atoms with E-state index in [9.17, 15) is 14.4 Å². The molecule has 2 aromatic rings. The number of rotatable bonds is 5. The summed E-state index contributed by atoms with van der Waals surface area (Å²) in [5.74, 6) is -1.31. The van der Waals surface area contributed by atoms with Crippen LogP contribution in [0.15, 0.2) is 48.5 Å². The van der Waals surface area contributed by atoms with Crippen LogP contribution in [0.3, 0.4) is 0 Å². The van der Waals surface area contributed by atoms with Crippen LogP contribution < -0.4 is 16.4 Å². The summed E-state index contributed by atoms with van der Waals surface area (Å²) in [5, 5.41) is 5.19. The zero-order valence-electron chi connectivity index (χ0n) is 13.0. The number of amides is 2. The molecule has 7 heteroatoms. The number of carbonyl (C=O) groups is 3. The maximum absolute atomic E-state index is 11.8. The van der Waals surface area contributed by atoms with Crippen molar-refractivity contribution in [3.05, 3.63) is 54.1 Å². The van der Waals surface area contributed by atoms with Gasteiger partial charge in [0.25, 0.3) is 5.91 Å². The van der Waals surface area contributed by atoms with Crippen molar-refractivity contribution < 1.29 is 19.1 Å². The second kappa shape index (κ2) is 7.77. The smallest absolute Gasteiger partial charge is 0.338 e. The van der Waals surface area contributed by atoms with Gasteiger partial charge in [-0.05, 0) is 42.5 Å². The molecule has 0 aliphatic carbocycles. The summed E-state index contributed by atoms with van der Waals surface area (Å²) < 4.78 is 4.94. The lowest BCUT2D eigenvalue weighted by atomic mass is 10.2. The topological polar surface area (TPSA) is 111 Å². The van der Waals surface area contributed by atoms with Gasteiger partial charge in [0.2, 0.25) is 5.91 Å². The Morgan fingerprint density at radius 2 is 1.62 bits per heavy atom. The molecule has 0 atom stereocenters. The van der Waals surface area contributed by atoms with Gasteiger partial charge < -0.3 is 21.1 Å². The molecule has 2 aromatic carbocycles. The molecule has 0 aliphatic rings.